The molecule has 4 nitrogen and oxygen atoms in total. The first kappa shape index (κ1) is 12.0. The van der Waals surface area contributed by atoms with Crippen LogP contribution in [0.15, 0.2) is 48.5 Å². The van der Waals surface area contributed by atoms with Crippen LogP contribution in [-0.2, 0) is 11.2 Å². The van der Waals surface area contributed by atoms with E-state index in [1.165, 1.54) is 36.4 Å². The van der Waals surface area contributed by atoms with Gasteiger partial charge in [-0.15, -0.1) is 0 Å². The number of benzene rings is 2. The summed E-state index contributed by atoms with van der Waals surface area (Å²) in [7, 11) is 0. The average molecular weight is 244 g/mol. The van der Waals surface area contributed by atoms with Crippen LogP contribution >= 0.6 is 0 Å². The molecule has 2 aromatic rings. The van der Waals surface area contributed by atoms with Gasteiger partial charge in [0.25, 0.3) is 0 Å². The number of esters is 1. The van der Waals surface area contributed by atoms with Crippen molar-refractivity contribution >= 4 is 5.97 Å². The van der Waals surface area contributed by atoms with Gasteiger partial charge < -0.3 is 14.9 Å². The molecular formula is C14H12O4. The van der Waals surface area contributed by atoms with Crippen LogP contribution in [0.1, 0.15) is 5.56 Å². The topological polar surface area (TPSA) is 66.8 Å². The minimum absolute atomic E-state index is 0.119. The third kappa shape index (κ3) is 3.25. The number of phenols is 2. The minimum atomic E-state index is -0.397. The van der Waals surface area contributed by atoms with E-state index < -0.39 is 5.97 Å². The smallest absolute Gasteiger partial charge is 0.315 e. The van der Waals surface area contributed by atoms with E-state index in [0.29, 0.717) is 5.75 Å². The van der Waals surface area contributed by atoms with Gasteiger partial charge >= 0.3 is 5.97 Å². The van der Waals surface area contributed by atoms with Gasteiger partial charge in [0.05, 0.1) is 6.42 Å². The van der Waals surface area contributed by atoms with Crippen molar-refractivity contribution in [1.82, 2.24) is 0 Å². The average Bonchev–Trinajstić information content (AvgIpc) is 2.35. The number of carbonyl (C=O) groups is 1. The fraction of sp³-hybridized carbons (Fsp3) is 0.0714. The fourth-order valence-corrected chi connectivity index (χ4v) is 1.46. The zero-order valence-corrected chi connectivity index (χ0v) is 9.54. The summed E-state index contributed by atoms with van der Waals surface area (Å²) in [6.45, 7) is 0. The van der Waals surface area contributed by atoms with Gasteiger partial charge in [0.15, 0.2) is 0 Å². The molecule has 0 aliphatic carbocycles. The molecular weight excluding hydrogens is 232 g/mol. The molecule has 0 saturated carbocycles. The number of phenolic OH excluding ortho intramolecular Hbond substituents is 2. The Morgan fingerprint density at radius 1 is 0.889 bits per heavy atom. The number of hydrogen-bond acceptors (Lipinski definition) is 4. The van der Waals surface area contributed by atoms with Crippen LogP contribution in [0.5, 0.6) is 17.2 Å². The maximum absolute atomic E-state index is 11.6. The molecule has 0 amide bonds. The molecule has 92 valence electrons. The molecule has 0 fully saturated rings. The van der Waals surface area contributed by atoms with E-state index in [4.69, 9.17) is 14.9 Å². The van der Waals surface area contributed by atoms with Gasteiger partial charge in [-0.1, -0.05) is 12.1 Å². The van der Waals surface area contributed by atoms with Gasteiger partial charge in [-0.05, 0) is 42.0 Å². The number of aromatic hydroxyl groups is 2. The number of rotatable bonds is 3. The molecule has 2 rings (SSSR count). The van der Waals surface area contributed by atoms with E-state index in [9.17, 15) is 4.79 Å². The predicted octanol–water partition coefficient (Wildman–Crippen LogP) is 2.25. The molecule has 0 radical (unpaired) electrons. The van der Waals surface area contributed by atoms with Gasteiger partial charge in [0.1, 0.15) is 17.2 Å². The predicted molar refractivity (Wildman–Crippen MR) is 65.6 cm³/mol. The molecule has 0 spiro atoms. The van der Waals surface area contributed by atoms with Crippen LogP contribution in [0.4, 0.5) is 0 Å². The molecule has 0 bridgehead atoms. The summed E-state index contributed by atoms with van der Waals surface area (Å²) in [5.41, 5.74) is 0.761. The van der Waals surface area contributed by atoms with E-state index in [0.717, 1.165) is 5.56 Å². The van der Waals surface area contributed by atoms with E-state index in [1.54, 1.807) is 12.1 Å². The van der Waals surface area contributed by atoms with Crippen molar-refractivity contribution in [2.45, 2.75) is 6.42 Å². The Morgan fingerprint density at radius 3 is 1.94 bits per heavy atom. The van der Waals surface area contributed by atoms with Crippen LogP contribution in [0.25, 0.3) is 0 Å². The molecule has 4 heteroatoms. The van der Waals surface area contributed by atoms with Crippen LogP contribution in [0, 0.1) is 0 Å². The number of ether oxygens (including phenoxy) is 1. The SMILES string of the molecule is O=C(Cc1ccc(O)cc1)Oc1ccc(O)cc1. The first-order valence-electron chi connectivity index (χ1n) is 5.41. The van der Waals surface area contributed by atoms with Gasteiger partial charge in [0, 0.05) is 0 Å². The summed E-state index contributed by atoms with van der Waals surface area (Å²) in [6, 6.07) is 12.3. The molecule has 0 aromatic heterocycles. The largest absolute Gasteiger partial charge is 0.508 e. The second-order valence-electron chi connectivity index (χ2n) is 3.81. The molecule has 0 aliphatic heterocycles. The normalized spacial score (nSPS) is 10.0. The minimum Gasteiger partial charge on any atom is -0.508 e. The third-order valence-corrected chi connectivity index (χ3v) is 2.35. The lowest BCUT2D eigenvalue weighted by Gasteiger charge is -2.04. The van der Waals surface area contributed by atoms with Crippen molar-refractivity contribution in [2.75, 3.05) is 0 Å². The quantitative estimate of drug-likeness (QED) is 0.642. The van der Waals surface area contributed by atoms with E-state index in [2.05, 4.69) is 0 Å². The molecule has 0 heterocycles. The lowest BCUT2D eigenvalue weighted by atomic mass is 10.1. The highest BCUT2D eigenvalue weighted by Crippen LogP contribution is 2.17. The van der Waals surface area contributed by atoms with Crippen molar-refractivity contribution in [3.8, 4) is 17.2 Å². The molecule has 0 atom stereocenters. The van der Waals surface area contributed by atoms with E-state index in [-0.39, 0.29) is 17.9 Å². The lowest BCUT2D eigenvalue weighted by Crippen LogP contribution is -2.10. The molecule has 0 aliphatic rings. The number of hydrogen-bond donors (Lipinski definition) is 2. The zero-order valence-electron chi connectivity index (χ0n) is 9.54. The van der Waals surface area contributed by atoms with Crippen LogP contribution in [-0.4, -0.2) is 16.2 Å². The lowest BCUT2D eigenvalue weighted by molar-refractivity contribution is -0.133. The Hall–Kier alpha value is -2.49. The van der Waals surface area contributed by atoms with Crippen molar-refractivity contribution < 1.29 is 19.7 Å². The fourth-order valence-electron chi connectivity index (χ4n) is 1.46. The first-order chi connectivity index (χ1) is 8.63. The maximum atomic E-state index is 11.6. The van der Waals surface area contributed by atoms with Gasteiger partial charge in [-0.3, -0.25) is 4.79 Å². The third-order valence-electron chi connectivity index (χ3n) is 2.35. The Morgan fingerprint density at radius 2 is 1.39 bits per heavy atom. The molecule has 0 saturated heterocycles. The first-order valence-corrected chi connectivity index (χ1v) is 5.41. The highest BCUT2D eigenvalue weighted by Gasteiger charge is 2.06. The summed E-state index contributed by atoms with van der Waals surface area (Å²) < 4.78 is 5.09. The van der Waals surface area contributed by atoms with Gasteiger partial charge in [0.2, 0.25) is 0 Å². The molecule has 0 unspecified atom stereocenters. The van der Waals surface area contributed by atoms with Crippen LogP contribution in [0.3, 0.4) is 0 Å². The van der Waals surface area contributed by atoms with Gasteiger partial charge in [-0.2, -0.15) is 0 Å². The van der Waals surface area contributed by atoms with Crippen molar-refractivity contribution in [3.63, 3.8) is 0 Å². The Bertz CT molecular complexity index is 479. The second kappa shape index (κ2) is 5.23. The summed E-state index contributed by atoms with van der Waals surface area (Å²) >= 11 is 0. The summed E-state index contributed by atoms with van der Waals surface area (Å²) in [6.07, 6.45) is 0.126. The maximum Gasteiger partial charge on any atom is 0.315 e. The van der Waals surface area contributed by atoms with Crippen molar-refractivity contribution in [1.29, 1.82) is 0 Å². The van der Waals surface area contributed by atoms with E-state index >= 15 is 0 Å². The monoisotopic (exact) mass is 244 g/mol. The Balaban J connectivity index is 1.96. The van der Waals surface area contributed by atoms with Crippen LogP contribution < -0.4 is 4.74 Å². The van der Waals surface area contributed by atoms with Crippen LogP contribution in [0.2, 0.25) is 0 Å². The Kier molecular flexibility index (Phi) is 3.48. The summed E-state index contributed by atoms with van der Waals surface area (Å²) in [5, 5.41) is 18.2. The summed E-state index contributed by atoms with van der Waals surface area (Å²) in [5.74, 6) is 0.266. The number of carbonyl (C=O) groups excluding carboxylic acids is 1. The standard InChI is InChI=1S/C14H12O4/c15-11-3-1-10(2-4-11)9-14(17)18-13-7-5-12(16)6-8-13/h1-8,15-16H,9H2. The second-order valence-corrected chi connectivity index (χ2v) is 3.81. The zero-order chi connectivity index (χ0) is 13.0. The van der Waals surface area contributed by atoms with Crippen molar-refractivity contribution in [3.05, 3.63) is 54.1 Å². The Labute approximate surface area is 104 Å². The molecule has 2 N–H and O–H groups in total. The van der Waals surface area contributed by atoms with E-state index in [1.807, 2.05) is 0 Å². The molecule has 2 aromatic carbocycles. The summed E-state index contributed by atoms with van der Waals surface area (Å²) in [4.78, 5) is 11.6. The van der Waals surface area contributed by atoms with Crippen molar-refractivity contribution in [2.24, 2.45) is 0 Å². The highest BCUT2D eigenvalue weighted by atomic mass is 16.5. The van der Waals surface area contributed by atoms with Gasteiger partial charge in [-0.25, -0.2) is 0 Å². The highest BCUT2D eigenvalue weighted by molar-refractivity contribution is 5.75. The molecule has 18 heavy (non-hydrogen) atoms.